The van der Waals surface area contributed by atoms with Gasteiger partial charge in [-0.1, -0.05) is 48.0 Å². The highest BCUT2D eigenvalue weighted by Gasteiger charge is 2.23. The van der Waals surface area contributed by atoms with Crippen molar-refractivity contribution in [1.82, 2.24) is 0 Å². The number of fused-ring (bicyclic) bond motifs is 1. The average molecular weight is 397 g/mol. The maximum absolute atomic E-state index is 13.3. The van der Waals surface area contributed by atoms with Crippen LogP contribution in [-0.2, 0) is 6.42 Å². The van der Waals surface area contributed by atoms with Crippen molar-refractivity contribution < 1.29 is 14.0 Å². The van der Waals surface area contributed by atoms with Crippen LogP contribution in [0.2, 0.25) is 0 Å². The van der Waals surface area contributed by atoms with E-state index in [4.69, 9.17) is 4.42 Å². The normalized spacial score (nSPS) is 10.9. The van der Waals surface area contributed by atoms with Crippen LogP contribution in [0.15, 0.2) is 71.1 Å². The van der Waals surface area contributed by atoms with E-state index in [1.54, 1.807) is 30.3 Å². The Morgan fingerprint density at radius 3 is 2.20 bits per heavy atom. The number of aryl methyl sites for hydroxylation is 3. The lowest BCUT2D eigenvalue weighted by Gasteiger charge is -2.11. The van der Waals surface area contributed by atoms with Gasteiger partial charge in [-0.2, -0.15) is 0 Å². The molecule has 1 aromatic heterocycles. The molecule has 4 heteroatoms. The first-order valence-electron chi connectivity index (χ1n) is 9.92. The fourth-order valence-corrected chi connectivity index (χ4v) is 3.87. The summed E-state index contributed by atoms with van der Waals surface area (Å²) in [6, 6.07) is 20.4. The van der Waals surface area contributed by atoms with E-state index in [1.807, 2.05) is 45.0 Å². The van der Waals surface area contributed by atoms with Crippen LogP contribution in [0.5, 0.6) is 0 Å². The van der Waals surface area contributed by atoms with Crippen LogP contribution >= 0.6 is 0 Å². The van der Waals surface area contributed by atoms with Crippen molar-refractivity contribution in [3.05, 3.63) is 100 Å². The van der Waals surface area contributed by atoms with Gasteiger partial charge in [0.2, 0.25) is 5.78 Å². The molecule has 0 bridgehead atoms. The van der Waals surface area contributed by atoms with Gasteiger partial charge in [-0.05, 0) is 61.7 Å². The highest BCUT2D eigenvalue weighted by molar-refractivity contribution is 6.15. The molecule has 0 aliphatic rings. The van der Waals surface area contributed by atoms with Crippen LogP contribution in [0.1, 0.15) is 43.2 Å². The summed E-state index contributed by atoms with van der Waals surface area (Å²) < 4.78 is 5.91. The molecule has 0 aliphatic heterocycles. The van der Waals surface area contributed by atoms with E-state index >= 15 is 0 Å². The van der Waals surface area contributed by atoms with Gasteiger partial charge >= 0.3 is 0 Å². The van der Waals surface area contributed by atoms with Gasteiger partial charge in [-0.25, -0.2) is 0 Å². The summed E-state index contributed by atoms with van der Waals surface area (Å²) in [6.07, 6.45) is 0.214. The first kappa shape index (κ1) is 19.6. The van der Waals surface area contributed by atoms with Crippen LogP contribution in [0.25, 0.3) is 11.0 Å². The Balaban J connectivity index is 1.73. The zero-order valence-electron chi connectivity index (χ0n) is 17.3. The molecule has 30 heavy (non-hydrogen) atoms. The van der Waals surface area contributed by atoms with E-state index in [1.165, 1.54) is 5.56 Å². The predicted octanol–water partition coefficient (Wildman–Crippen LogP) is 6.04. The Hall–Kier alpha value is -3.66. The van der Waals surface area contributed by atoms with Gasteiger partial charge in [-0.3, -0.25) is 9.59 Å². The van der Waals surface area contributed by atoms with Crippen molar-refractivity contribution in [2.45, 2.75) is 27.2 Å². The molecule has 4 aromatic rings. The third-order valence-electron chi connectivity index (χ3n) is 5.30. The van der Waals surface area contributed by atoms with E-state index in [2.05, 4.69) is 17.4 Å². The van der Waals surface area contributed by atoms with Gasteiger partial charge in [0.25, 0.3) is 5.91 Å². The minimum atomic E-state index is -0.279. The number of amides is 1. The highest BCUT2D eigenvalue weighted by atomic mass is 16.3. The minimum Gasteiger partial charge on any atom is -0.451 e. The molecule has 0 spiro atoms. The number of para-hydroxylation sites is 1. The zero-order valence-corrected chi connectivity index (χ0v) is 17.3. The maximum Gasteiger partial charge on any atom is 0.255 e. The van der Waals surface area contributed by atoms with Gasteiger partial charge in [-0.15, -0.1) is 0 Å². The molecule has 4 nitrogen and oxygen atoms in total. The standard InChI is InChI=1S/C26H23NO3/c1-16-13-17(2)21(18(3)14-16)15-22(28)25-24(20-11-7-8-12-23(20)30-25)27-26(29)19-9-5-4-6-10-19/h4-14H,15H2,1-3H3,(H,27,29). The summed E-state index contributed by atoms with van der Waals surface area (Å²) in [5, 5.41) is 3.61. The SMILES string of the molecule is Cc1cc(C)c(CC(=O)c2oc3ccccc3c2NC(=O)c2ccccc2)c(C)c1. The Morgan fingerprint density at radius 1 is 0.867 bits per heavy atom. The lowest BCUT2D eigenvalue weighted by molar-refractivity contribution is 0.0969. The van der Waals surface area contributed by atoms with Gasteiger partial charge in [0, 0.05) is 17.4 Å². The number of carbonyl (C=O) groups is 2. The number of ketones is 1. The first-order chi connectivity index (χ1) is 14.4. The Morgan fingerprint density at radius 2 is 1.50 bits per heavy atom. The number of furan rings is 1. The molecule has 3 aromatic carbocycles. The van der Waals surface area contributed by atoms with Crippen LogP contribution in [0.3, 0.4) is 0 Å². The monoisotopic (exact) mass is 397 g/mol. The van der Waals surface area contributed by atoms with Crippen LogP contribution in [0, 0.1) is 20.8 Å². The Kier molecular flexibility index (Phi) is 5.23. The number of rotatable bonds is 5. The van der Waals surface area contributed by atoms with E-state index < -0.39 is 0 Å². The van der Waals surface area contributed by atoms with Crippen molar-refractivity contribution in [3.63, 3.8) is 0 Å². The third kappa shape index (κ3) is 3.77. The van der Waals surface area contributed by atoms with Crippen LogP contribution in [0.4, 0.5) is 5.69 Å². The van der Waals surface area contributed by atoms with Crippen molar-refractivity contribution >= 4 is 28.3 Å². The number of benzene rings is 3. The minimum absolute atomic E-state index is 0.162. The number of Topliss-reactive ketones (excluding diaryl/α,β-unsaturated/α-hetero) is 1. The molecule has 1 amide bonds. The van der Waals surface area contributed by atoms with Gasteiger partial charge in [0.1, 0.15) is 5.58 Å². The van der Waals surface area contributed by atoms with E-state index in [0.717, 1.165) is 16.7 Å². The summed E-state index contributed by atoms with van der Waals surface area (Å²) in [6.45, 7) is 6.07. The number of anilines is 1. The number of hydrogen-bond donors (Lipinski definition) is 1. The average Bonchev–Trinajstić information content (AvgIpc) is 3.10. The van der Waals surface area contributed by atoms with Gasteiger partial charge in [0.15, 0.2) is 5.76 Å². The second kappa shape index (κ2) is 7.99. The molecule has 0 saturated heterocycles. The fourth-order valence-electron chi connectivity index (χ4n) is 3.87. The summed E-state index contributed by atoms with van der Waals surface area (Å²) in [7, 11) is 0. The van der Waals surface area contributed by atoms with E-state index in [9.17, 15) is 9.59 Å². The Labute approximate surface area is 175 Å². The molecule has 0 unspecified atom stereocenters. The van der Waals surface area contributed by atoms with Crippen LogP contribution in [-0.4, -0.2) is 11.7 Å². The molecule has 0 atom stereocenters. The second-order valence-electron chi connectivity index (χ2n) is 7.60. The quantitative estimate of drug-likeness (QED) is 0.418. The fraction of sp³-hybridized carbons (Fsp3) is 0.154. The van der Waals surface area contributed by atoms with Crippen LogP contribution < -0.4 is 5.32 Å². The first-order valence-corrected chi connectivity index (χ1v) is 9.92. The summed E-state index contributed by atoms with van der Waals surface area (Å²) in [5.74, 6) is -0.261. The molecular formula is C26H23NO3. The van der Waals surface area contributed by atoms with Crippen molar-refractivity contribution in [1.29, 1.82) is 0 Å². The maximum atomic E-state index is 13.3. The predicted molar refractivity (Wildman–Crippen MR) is 119 cm³/mol. The van der Waals surface area contributed by atoms with Crippen molar-refractivity contribution in [2.24, 2.45) is 0 Å². The summed E-state index contributed by atoms with van der Waals surface area (Å²) >= 11 is 0. The molecule has 0 fully saturated rings. The van der Waals surface area contributed by atoms with Gasteiger partial charge in [0.05, 0.1) is 5.69 Å². The highest BCUT2D eigenvalue weighted by Crippen LogP contribution is 2.32. The smallest absolute Gasteiger partial charge is 0.255 e. The van der Waals surface area contributed by atoms with E-state index in [-0.39, 0.29) is 23.9 Å². The topological polar surface area (TPSA) is 59.3 Å². The molecule has 1 N–H and O–H groups in total. The zero-order chi connectivity index (χ0) is 21.3. The molecule has 0 aliphatic carbocycles. The lowest BCUT2D eigenvalue weighted by atomic mass is 9.95. The summed E-state index contributed by atoms with van der Waals surface area (Å²) in [5.41, 5.74) is 5.82. The number of hydrogen-bond acceptors (Lipinski definition) is 3. The molecule has 1 heterocycles. The second-order valence-corrected chi connectivity index (χ2v) is 7.60. The van der Waals surface area contributed by atoms with Crippen molar-refractivity contribution in [3.8, 4) is 0 Å². The third-order valence-corrected chi connectivity index (χ3v) is 5.30. The largest absolute Gasteiger partial charge is 0.451 e. The molecule has 0 radical (unpaired) electrons. The Bertz CT molecular complexity index is 1230. The number of carbonyl (C=O) groups excluding carboxylic acids is 2. The molecular weight excluding hydrogens is 374 g/mol. The van der Waals surface area contributed by atoms with Gasteiger partial charge < -0.3 is 9.73 Å². The summed E-state index contributed by atoms with van der Waals surface area (Å²) in [4.78, 5) is 26.0. The molecule has 4 rings (SSSR count). The lowest BCUT2D eigenvalue weighted by Crippen LogP contribution is -2.15. The molecule has 150 valence electrons. The van der Waals surface area contributed by atoms with Crippen molar-refractivity contribution in [2.75, 3.05) is 5.32 Å². The number of nitrogens with one attached hydrogen (secondary N) is 1. The molecule has 0 saturated carbocycles. The van der Waals surface area contributed by atoms with E-state index in [0.29, 0.717) is 22.2 Å².